The maximum atomic E-state index is 11.9. The number of nitro benzene ring substituents is 1. The van der Waals surface area contributed by atoms with Crippen LogP contribution in [0.4, 0.5) is 16.2 Å². The standard InChI is InChI=1S/C14H13N3O4S/c1-8-10(3-2-4-13(8)22)15-14(19)16-11-6-5-9(17(20)21)7-12(11)18/h2-3,5-7,18H,4H2,1H3,(H2,15,16,19). The van der Waals surface area contributed by atoms with Gasteiger partial charge >= 0.3 is 6.03 Å². The van der Waals surface area contributed by atoms with Gasteiger partial charge in [-0.05, 0) is 24.6 Å². The van der Waals surface area contributed by atoms with Crippen molar-refractivity contribution in [1.82, 2.24) is 5.32 Å². The molecule has 2 amide bonds. The van der Waals surface area contributed by atoms with E-state index in [9.17, 15) is 20.0 Å². The molecule has 3 N–H and O–H groups in total. The van der Waals surface area contributed by atoms with E-state index in [4.69, 9.17) is 12.2 Å². The van der Waals surface area contributed by atoms with Crippen molar-refractivity contribution in [3.63, 3.8) is 0 Å². The van der Waals surface area contributed by atoms with Crippen molar-refractivity contribution < 1.29 is 14.8 Å². The molecule has 0 aliphatic heterocycles. The second-order valence-electron chi connectivity index (χ2n) is 4.61. The molecule has 0 saturated carbocycles. The SMILES string of the molecule is CC1=C(NC(=O)Nc2ccc([N+](=O)[O-])cc2O)C=CCC1=S. The van der Waals surface area contributed by atoms with Gasteiger partial charge in [-0.15, -0.1) is 0 Å². The van der Waals surface area contributed by atoms with E-state index in [0.29, 0.717) is 12.1 Å². The molecule has 0 bridgehead atoms. The lowest BCUT2D eigenvalue weighted by Crippen LogP contribution is -2.29. The summed E-state index contributed by atoms with van der Waals surface area (Å²) in [7, 11) is 0. The van der Waals surface area contributed by atoms with Gasteiger partial charge in [0.1, 0.15) is 5.75 Å². The fourth-order valence-corrected chi connectivity index (χ4v) is 2.07. The lowest BCUT2D eigenvalue weighted by atomic mass is 10.0. The largest absolute Gasteiger partial charge is 0.506 e. The number of thiocarbonyl (C=S) groups is 1. The van der Waals surface area contributed by atoms with Gasteiger partial charge in [-0.2, -0.15) is 0 Å². The molecule has 7 nitrogen and oxygen atoms in total. The van der Waals surface area contributed by atoms with E-state index >= 15 is 0 Å². The second-order valence-corrected chi connectivity index (χ2v) is 5.10. The van der Waals surface area contributed by atoms with Crippen LogP contribution >= 0.6 is 12.2 Å². The molecule has 0 fully saturated rings. The zero-order chi connectivity index (χ0) is 16.3. The number of hydrogen-bond donors (Lipinski definition) is 3. The van der Waals surface area contributed by atoms with Crippen molar-refractivity contribution in [2.75, 3.05) is 5.32 Å². The zero-order valence-electron chi connectivity index (χ0n) is 11.6. The van der Waals surface area contributed by atoms with Crippen LogP contribution in [0.2, 0.25) is 0 Å². The summed E-state index contributed by atoms with van der Waals surface area (Å²) in [5, 5.41) is 25.3. The summed E-state index contributed by atoms with van der Waals surface area (Å²) in [5.74, 6) is -0.384. The summed E-state index contributed by atoms with van der Waals surface area (Å²) < 4.78 is 0. The maximum Gasteiger partial charge on any atom is 0.323 e. The van der Waals surface area contributed by atoms with Gasteiger partial charge in [-0.1, -0.05) is 18.3 Å². The molecule has 0 radical (unpaired) electrons. The molecule has 0 aromatic heterocycles. The topological polar surface area (TPSA) is 104 Å². The maximum absolute atomic E-state index is 11.9. The van der Waals surface area contributed by atoms with Gasteiger partial charge in [-0.25, -0.2) is 4.79 Å². The monoisotopic (exact) mass is 319 g/mol. The van der Waals surface area contributed by atoms with Crippen molar-refractivity contribution >= 4 is 34.5 Å². The van der Waals surface area contributed by atoms with Crippen LogP contribution in [0.15, 0.2) is 41.6 Å². The smallest absolute Gasteiger partial charge is 0.323 e. The van der Waals surface area contributed by atoms with E-state index in [1.54, 1.807) is 6.08 Å². The molecular weight excluding hydrogens is 306 g/mol. The molecule has 1 aliphatic carbocycles. The average molecular weight is 319 g/mol. The van der Waals surface area contributed by atoms with Gasteiger partial charge in [0.05, 0.1) is 16.7 Å². The Bertz CT molecular complexity index is 725. The second kappa shape index (κ2) is 6.35. The molecule has 22 heavy (non-hydrogen) atoms. The number of non-ortho nitro benzene ring substituents is 1. The van der Waals surface area contributed by atoms with Crippen LogP contribution in [0.5, 0.6) is 5.75 Å². The molecule has 1 aromatic carbocycles. The lowest BCUT2D eigenvalue weighted by molar-refractivity contribution is -0.384. The summed E-state index contributed by atoms with van der Waals surface area (Å²) in [4.78, 5) is 22.6. The van der Waals surface area contributed by atoms with Crippen molar-refractivity contribution in [1.29, 1.82) is 0 Å². The Kier molecular flexibility index (Phi) is 4.52. The number of amides is 2. The number of hydrogen-bond acceptors (Lipinski definition) is 5. The predicted molar refractivity (Wildman–Crippen MR) is 86.0 cm³/mol. The molecule has 0 atom stereocenters. The van der Waals surface area contributed by atoms with Crippen molar-refractivity contribution in [2.45, 2.75) is 13.3 Å². The Morgan fingerprint density at radius 3 is 2.77 bits per heavy atom. The van der Waals surface area contributed by atoms with Crippen LogP contribution in [0, 0.1) is 10.1 Å². The Hall–Kier alpha value is -2.74. The van der Waals surface area contributed by atoms with E-state index in [-0.39, 0.29) is 17.1 Å². The van der Waals surface area contributed by atoms with Crippen LogP contribution in [-0.2, 0) is 0 Å². The highest BCUT2D eigenvalue weighted by Gasteiger charge is 2.14. The molecule has 114 valence electrons. The summed E-state index contributed by atoms with van der Waals surface area (Å²) in [6.07, 6.45) is 4.26. The quantitative estimate of drug-likeness (QED) is 0.344. The molecule has 0 unspecified atom stereocenters. The number of anilines is 1. The van der Waals surface area contributed by atoms with E-state index in [1.165, 1.54) is 12.1 Å². The third-order valence-electron chi connectivity index (χ3n) is 3.10. The number of urea groups is 1. The Labute approximate surface area is 131 Å². The predicted octanol–water partition coefficient (Wildman–Crippen LogP) is 3.03. The summed E-state index contributed by atoms with van der Waals surface area (Å²) in [6, 6.07) is 2.84. The molecular formula is C14H13N3O4S. The van der Waals surface area contributed by atoms with Gasteiger partial charge in [0.25, 0.3) is 5.69 Å². The lowest BCUT2D eigenvalue weighted by Gasteiger charge is -2.15. The minimum absolute atomic E-state index is 0.0729. The van der Waals surface area contributed by atoms with Gasteiger partial charge in [0.15, 0.2) is 0 Å². The fourth-order valence-electron chi connectivity index (χ4n) is 1.86. The van der Waals surface area contributed by atoms with Crippen molar-refractivity contribution in [3.8, 4) is 5.75 Å². The first-order chi connectivity index (χ1) is 10.4. The van der Waals surface area contributed by atoms with E-state index in [2.05, 4.69) is 10.6 Å². The minimum atomic E-state index is -0.633. The Morgan fingerprint density at radius 1 is 1.41 bits per heavy atom. The van der Waals surface area contributed by atoms with E-state index in [1.807, 2.05) is 13.0 Å². The number of carbonyl (C=O) groups excluding carboxylic acids is 1. The Balaban J connectivity index is 2.10. The van der Waals surface area contributed by atoms with Gasteiger partial charge in [0, 0.05) is 23.0 Å². The van der Waals surface area contributed by atoms with Crippen LogP contribution in [0.3, 0.4) is 0 Å². The number of nitrogens with one attached hydrogen (secondary N) is 2. The number of carbonyl (C=O) groups is 1. The fraction of sp³-hybridized carbons (Fsp3) is 0.143. The molecule has 0 spiro atoms. The van der Waals surface area contributed by atoms with Gasteiger partial charge in [0.2, 0.25) is 0 Å². The van der Waals surface area contributed by atoms with Crippen LogP contribution in [0.1, 0.15) is 13.3 Å². The minimum Gasteiger partial charge on any atom is -0.506 e. The van der Waals surface area contributed by atoms with Crippen molar-refractivity contribution in [3.05, 3.63) is 51.7 Å². The number of rotatable bonds is 3. The molecule has 0 saturated heterocycles. The molecule has 0 heterocycles. The number of benzene rings is 1. The number of nitrogens with zero attached hydrogens (tertiary/aromatic N) is 1. The van der Waals surface area contributed by atoms with Crippen molar-refractivity contribution in [2.24, 2.45) is 0 Å². The van der Waals surface area contributed by atoms with E-state index < -0.39 is 11.0 Å². The first kappa shape index (κ1) is 15.6. The molecule has 1 aliphatic rings. The first-order valence-corrected chi connectivity index (χ1v) is 6.75. The first-order valence-electron chi connectivity index (χ1n) is 6.34. The van der Waals surface area contributed by atoms with Crippen LogP contribution < -0.4 is 10.6 Å². The highest BCUT2D eigenvalue weighted by atomic mass is 32.1. The third kappa shape index (κ3) is 3.47. The highest BCUT2D eigenvalue weighted by molar-refractivity contribution is 7.80. The molecule has 8 heteroatoms. The number of allylic oxidation sites excluding steroid dienone is 3. The molecule has 2 rings (SSSR count). The number of nitro groups is 1. The number of phenolic OH excluding ortho intramolecular Hbond substituents is 1. The van der Waals surface area contributed by atoms with E-state index in [0.717, 1.165) is 16.5 Å². The highest BCUT2D eigenvalue weighted by Crippen LogP contribution is 2.27. The number of phenols is 1. The zero-order valence-corrected chi connectivity index (χ0v) is 12.4. The van der Waals surface area contributed by atoms with Gasteiger partial charge < -0.3 is 15.7 Å². The summed E-state index contributed by atoms with van der Waals surface area (Å²) in [6.45, 7) is 1.81. The third-order valence-corrected chi connectivity index (χ3v) is 3.57. The summed E-state index contributed by atoms with van der Waals surface area (Å²) in [5.41, 5.74) is 1.20. The number of aromatic hydroxyl groups is 1. The normalized spacial score (nSPS) is 14.0. The Morgan fingerprint density at radius 2 is 2.14 bits per heavy atom. The average Bonchev–Trinajstić information content (AvgIpc) is 2.46. The molecule has 1 aromatic rings. The van der Waals surface area contributed by atoms with Gasteiger partial charge in [-0.3, -0.25) is 10.1 Å². The van der Waals surface area contributed by atoms with Crippen LogP contribution in [0.25, 0.3) is 0 Å². The van der Waals surface area contributed by atoms with Crippen LogP contribution in [-0.4, -0.2) is 20.9 Å². The summed E-state index contributed by atoms with van der Waals surface area (Å²) >= 11 is 5.16.